The van der Waals surface area contributed by atoms with Crippen LogP contribution in [0.3, 0.4) is 0 Å². The first-order chi connectivity index (χ1) is 23.9. The van der Waals surface area contributed by atoms with Crippen molar-refractivity contribution < 1.29 is 31.5 Å². The molecule has 2 heterocycles. The molecule has 1 amide bonds. The van der Waals surface area contributed by atoms with Gasteiger partial charge in [-0.3, -0.25) is 4.79 Å². The normalized spacial score (nSPS) is 21.8. The van der Waals surface area contributed by atoms with Crippen LogP contribution in [0.5, 0.6) is 11.5 Å². The predicted molar refractivity (Wildman–Crippen MR) is 190 cm³/mol. The van der Waals surface area contributed by atoms with Crippen molar-refractivity contribution in [1.29, 1.82) is 0 Å². The lowest BCUT2D eigenvalue weighted by atomic mass is 9.90. The van der Waals surface area contributed by atoms with Crippen LogP contribution in [0.15, 0.2) is 83.8 Å². The Bertz CT molecular complexity index is 1990. The summed E-state index contributed by atoms with van der Waals surface area (Å²) in [5, 5.41) is 1.88. The zero-order valence-corrected chi connectivity index (χ0v) is 29.7. The summed E-state index contributed by atoms with van der Waals surface area (Å²) >= 11 is 6.05. The van der Waals surface area contributed by atoms with Gasteiger partial charge in [0.2, 0.25) is 15.9 Å². The fourth-order valence-electron chi connectivity index (χ4n) is 8.03. The van der Waals surface area contributed by atoms with Crippen LogP contribution in [-0.4, -0.2) is 50.6 Å². The lowest BCUT2D eigenvalue weighted by Gasteiger charge is -2.41. The fraction of sp³-hybridized carbons (Fsp3) is 0.410. The molecule has 3 atom stereocenters. The molecule has 4 aromatic rings. The number of alkyl halides is 2. The van der Waals surface area contributed by atoms with Crippen LogP contribution < -0.4 is 14.2 Å². The standard InChI is InChI=1S/C39H41ClF2N2O5S/c1-24-19-30-14-15-31(20-24)44(30)38(45)37(39(41,42)28-11-18-35(36(23-28)48-2)25-7-12-29(40)13-8-25)43-50(46,47)34-17-10-26-21-33(16-9-27(26)22-34)49-32-5-3-4-6-32/h7-13,16-18,21-24,30-32,37,43H,3-6,14-15,19-20H2,1-2H3. The van der Waals surface area contributed by atoms with Gasteiger partial charge in [-0.1, -0.05) is 54.9 Å². The number of amides is 1. The molecular formula is C39H41ClF2N2O5S. The maximum atomic E-state index is 16.9. The summed E-state index contributed by atoms with van der Waals surface area (Å²) in [4.78, 5) is 15.6. The van der Waals surface area contributed by atoms with Crippen molar-refractivity contribution in [3.05, 3.63) is 89.4 Å². The lowest BCUT2D eigenvalue weighted by Crippen LogP contribution is -2.59. The summed E-state index contributed by atoms with van der Waals surface area (Å²) in [5.74, 6) is -3.67. The third-order valence-corrected chi connectivity index (χ3v) is 12.2. The van der Waals surface area contributed by atoms with Crippen molar-refractivity contribution in [1.82, 2.24) is 9.62 Å². The minimum atomic E-state index is -4.60. The number of sulfonamides is 1. The Morgan fingerprint density at radius 3 is 2.24 bits per heavy atom. The first kappa shape index (κ1) is 34.7. The second-order valence-corrected chi connectivity index (χ2v) is 16.2. The minimum absolute atomic E-state index is 0.149. The van der Waals surface area contributed by atoms with E-state index in [9.17, 15) is 13.2 Å². The third-order valence-electron chi connectivity index (χ3n) is 10.5. The number of nitrogens with one attached hydrogen (secondary N) is 1. The number of benzene rings is 4. The second-order valence-electron chi connectivity index (χ2n) is 14.0. The van der Waals surface area contributed by atoms with Gasteiger partial charge in [-0.2, -0.15) is 13.5 Å². The zero-order chi connectivity index (χ0) is 35.2. The lowest BCUT2D eigenvalue weighted by molar-refractivity contribution is -0.149. The number of fused-ring (bicyclic) bond motifs is 3. The highest BCUT2D eigenvalue weighted by Gasteiger charge is 2.53. The van der Waals surface area contributed by atoms with E-state index in [4.69, 9.17) is 21.1 Å². The topological polar surface area (TPSA) is 84.9 Å². The summed E-state index contributed by atoms with van der Waals surface area (Å²) in [6.45, 7) is 2.10. The van der Waals surface area contributed by atoms with Crippen LogP contribution in [0.4, 0.5) is 8.78 Å². The molecular weight excluding hydrogens is 682 g/mol. The van der Waals surface area contributed by atoms with Gasteiger partial charge >= 0.3 is 0 Å². The number of rotatable bonds is 10. The zero-order valence-electron chi connectivity index (χ0n) is 28.1. The summed E-state index contributed by atoms with van der Waals surface area (Å²) in [6, 6.07) is 17.8. The Kier molecular flexibility index (Phi) is 9.56. The summed E-state index contributed by atoms with van der Waals surface area (Å²) in [5.41, 5.74) is 0.698. The van der Waals surface area contributed by atoms with E-state index < -0.39 is 33.5 Å². The van der Waals surface area contributed by atoms with Gasteiger partial charge in [0.1, 0.15) is 11.5 Å². The van der Waals surface area contributed by atoms with Crippen molar-refractivity contribution in [3.8, 4) is 22.6 Å². The number of methoxy groups -OCH3 is 1. The molecule has 7 rings (SSSR count). The SMILES string of the molecule is COc1cc(C(F)(F)C(NS(=O)(=O)c2ccc3cc(OC4CCCC4)ccc3c2)C(=O)N2C3CCC2CC(C)C3)ccc1-c1ccc(Cl)cc1. The summed E-state index contributed by atoms with van der Waals surface area (Å²) in [7, 11) is -3.23. The van der Waals surface area contributed by atoms with E-state index in [1.807, 2.05) is 6.07 Å². The number of hydrogen-bond acceptors (Lipinski definition) is 5. The third kappa shape index (κ3) is 6.82. The van der Waals surface area contributed by atoms with E-state index in [0.717, 1.165) is 31.1 Å². The molecule has 0 spiro atoms. The molecule has 3 aliphatic rings. The number of ether oxygens (including phenoxy) is 2. The largest absolute Gasteiger partial charge is 0.496 e. The number of hydrogen-bond donors (Lipinski definition) is 1. The number of carbonyl (C=O) groups is 1. The molecule has 7 nitrogen and oxygen atoms in total. The quantitative estimate of drug-likeness (QED) is 0.177. The van der Waals surface area contributed by atoms with E-state index in [1.54, 1.807) is 42.5 Å². The maximum Gasteiger partial charge on any atom is 0.298 e. The number of nitrogens with zero attached hydrogens (tertiary/aromatic N) is 1. The monoisotopic (exact) mass is 722 g/mol. The van der Waals surface area contributed by atoms with Gasteiger partial charge in [-0.25, -0.2) is 8.42 Å². The molecule has 1 N–H and O–H groups in total. The Hall–Kier alpha value is -3.73. The first-order valence-corrected chi connectivity index (χ1v) is 19.2. The van der Waals surface area contributed by atoms with Gasteiger partial charge in [-0.05, 0) is 116 Å². The van der Waals surface area contributed by atoms with Gasteiger partial charge < -0.3 is 14.4 Å². The van der Waals surface area contributed by atoms with Crippen molar-refractivity contribution in [2.75, 3.05) is 7.11 Å². The average molecular weight is 723 g/mol. The van der Waals surface area contributed by atoms with E-state index in [0.29, 0.717) is 58.9 Å². The highest BCUT2D eigenvalue weighted by atomic mass is 35.5. The molecule has 0 radical (unpaired) electrons. The molecule has 0 aromatic heterocycles. The van der Waals surface area contributed by atoms with E-state index in [-0.39, 0.29) is 28.8 Å². The Labute approximate surface area is 297 Å². The van der Waals surface area contributed by atoms with E-state index >= 15 is 8.78 Å². The van der Waals surface area contributed by atoms with Crippen molar-refractivity contribution in [3.63, 3.8) is 0 Å². The van der Waals surface area contributed by atoms with Crippen molar-refractivity contribution in [2.45, 2.75) is 93.3 Å². The van der Waals surface area contributed by atoms with Crippen molar-refractivity contribution >= 4 is 38.3 Å². The van der Waals surface area contributed by atoms with Gasteiger partial charge in [0, 0.05) is 28.2 Å². The fourth-order valence-corrected chi connectivity index (χ4v) is 9.39. The highest BCUT2D eigenvalue weighted by molar-refractivity contribution is 7.89. The van der Waals surface area contributed by atoms with Gasteiger partial charge in [-0.15, -0.1) is 0 Å². The molecule has 2 bridgehead atoms. The molecule has 1 saturated carbocycles. The molecule has 2 saturated heterocycles. The van der Waals surface area contributed by atoms with Crippen LogP contribution in [0.2, 0.25) is 5.02 Å². The molecule has 1 aliphatic carbocycles. The first-order valence-electron chi connectivity index (χ1n) is 17.3. The summed E-state index contributed by atoms with van der Waals surface area (Å²) in [6.07, 6.45) is 7.22. The van der Waals surface area contributed by atoms with Gasteiger partial charge in [0.15, 0.2) is 6.04 Å². The van der Waals surface area contributed by atoms with Crippen LogP contribution >= 0.6 is 11.6 Å². The highest BCUT2D eigenvalue weighted by Crippen LogP contribution is 2.43. The number of piperidine rings is 1. The van der Waals surface area contributed by atoms with Gasteiger partial charge in [0.25, 0.3) is 5.92 Å². The number of halogens is 3. The molecule has 11 heteroatoms. The molecule has 2 aliphatic heterocycles. The van der Waals surface area contributed by atoms with E-state index in [2.05, 4.69) is 11.6 Å². The number of carbonyl (C=O) groups excluding carboxylic acids is 1. The minimum Gasteiger partial charge on any atom is -0.496 e. The average Bonchev–Trinajstić information content (AvgIpc) is 3.71. The van der Waals surface area contributed by atoms with Gasteiger partial charge in [0.05, 0.1) is 18.1 Å². The predicted octanol–water partition coefficient (Wildman–Crippen LogP) is 8.72. The molecule has 3 fully saturated rings. The molecule has 264 valence electrons. The maximum absolute atomic E-state index is 16.9. The second kappa shape index (κ2) is 13.8. The van der Waals surface area contributed by atoms with Crippen LogP contribution in [0, 0.1) is 5.92 Å². The molecule has 50 heavy (non-hydrogen) atoms. The van der Waals surface area contributed by atoms with Crippen LogP contribution in [0.25, 0.3) is 21.9 Å². The molecule has 4 aromatic carbocycles. The Morgan fingerprint density at radius 2 is 1.56 bits per heavy atom. The Balaban J connectivity index is 1.23. The Morgan fingerprint density at radius 1 is 0.900 bits per heavy atom. The van der Waals surface area contributed by atoms with Crippen LogP contribution in [-0.2, 0) is 20.7 Å². The smallest absolute Gasteiger partial charge is 0.298 e. The summed E-state index contributed by atoms with van der Waals surface area (Å²) < 4.78 is 75.7. The van der Waals surface area contributed by atoms with Crippen molar-refractivity contribution in [2.24, 2.45) is 5.92 Å². The van der Waals surface area contributed by atoms with E-state index in [1.165, 1.54) is 42.3 Å². The molecule has 3 unspecified atom stereocenters. The van der Waals surface area contributed by atoms with Crippen LogP contribution in [0.1, 0.15) is 63.9 Å².